The van der Waals surface area contributed by atoms with Gasteiger partial charge in [-0.2, -0.15) is 0 Å². The number of rotatable bonds is 5. The number of halogens is 1. The molecule has 1 aromatic carbocycles. The molecule has 1 atom stereocenters. The van der Waals surface area contributed by atoms with E-state index in [1.54, 1.807) is 0 Å². The summed E-state index contributed by atoms with van der Waals surface area (Å²) in [6.45, 7) is 6.34. The number of nitrogens with two attached hydrogens (primary N) is 1. The molecule has 0 aliphatic carbocycles. The highest BCUT2D eigenvalue weighted by atomic mass is 79.9. The van der Waals surface area contributed by atoms with Gasteiger partial charge in [0, 0.05) is 36.3 Å². The molecule has 1 unspecified atom stereocenters. The summed E-state index contributed by atoms with van der Waals surface area (Å²) in [5.41, 5.74) is 8.17. The Bertz CT molecular complexity index is 422. The lowest BCUT2D eigenvalue weighted by molar-refractivity contribution is 0.270. The van der Waals surface area contributed by atoms with Gasteiger partial charge in [0.2, 0.25) is 0 Å². The maximum Gasteiger partial charge on any atom is 0.0378 e. The van der Waals surface area contributed by atoms with Crippen molar-refractivity contribution in [3.05, 3.63) is 28.2 Å². The molecule has 0 aromatic heterocycles. The number of nitrogens with zero attached hydrogens (tertiary/aromatic N) is 2. The average molecular weight is 326 g/mol. The van der Waals surface area contributed by atoms with E-state index < -0.39 is 0 Å². The molecule has 0 spiro atoms. The van der Waals surface area contributed by atoms with Crippen LogP contribution >= 0.6 is 15.9 Å². The van der Waals surface area contributed by atoms with Crippen LogP contribution in [-0.2, 0) is 6.54 Å². The summed E-state index contributed by atoms with van der Waals surface area (Å²) in [4.78, 5) is 4.93. The molecule has 1 fully saturated rings. The first kappa shape index (κ1) is 14.8. The predicted molar refractivity (Wildman–Crippen MR) is 85.6 cm³/mol. The highest BCUT2D eigenvalue weighted by molar-refractivity contribution is 9.10. The quantitative estimate of drug-likeness (QED) is 0.903. The van der Waals surface area contributed by atoms with Crippen LogP contribution < -0.4 is 10.6 Å². The number of likely N-dealkylation sites (N-methyl/N-ethyl adjacent to an activating group) is 2. The molecular formula is C15H24BrN3. The zero-order valence-corrected chi connectivity index (χ0v) is 13.5. The Morgan fingerprint density at radius 3 is 2.89 bits per heavy atom. The largest absolute Gasteiger partial charge is 0.373 e. The molecule has 2 rings (SSSR count). The molecule has 4 heteroatoms. The topological polar surface area (TPSA) is 32.5 Å². The lowest BCUT2D eigenvalue weighted by Gasteiger charge is -2.29. The van der Waals surface area contributed by atoms with Crippen LogP contribution in [0.3, 0.4) is 0 Å². The molecule has 3 nitrogen and oxygen atoms in total. The third-order valence-electron chi connectivity index (χ3n) is 4.01. The van der Waals surface area contributed by atoms with Crippen LogP contribution in [-0.4, -0.2) is 37.6 Å². The van der Waals surface area contributed by atoms with Crippen LogP contribution in [0.2, 0.25) is 0 Å². The van der Waals surface area contributed by atoms with E-state index in [0.29, 0.717) is 12.6 Å². The standard InChI is InChI=1S/C15H24BrN3/c1-3-19-6-4-5-14(19)11-18(2)15-8-12(10-17)7-13(16)9-15/h7-9,14H,3-6,10-11,17H2,1-2H3. The third-order valence-corrected chi connectivity index (χ3v) is 4.47. The van der Waals surface area contributed by atoms with Crippen molar-refractivity contribution in [3.63, 3.8) is 0 Å². The molecule has 19 heavy (non-hydrogen) atoms. The van der Waals surface area contributed by atoms with Crippen LogP contribution in [0.5, 0.6) is 0 Å². The molecule has 0 amide bonds. The molecule has 2 N–H and O–H groups in total. The highest BCUT2D eigenvalue weighted by Gasteiger charge is 2.24. The predicted octanol–water partition coefficient (Wildman–Crippen LogP) is 2.83. The molecule has 1 aliphatic heterocycles. The van der Waals surface area contributed by atoms with Gasteiger partial charge >= 0.3 is 0 Å². The summed E-state index contributed by atoms with van der Waals surface area (Å²) in [5.74, 6) is 0. The fourth-order valence-electron chi connectivity index (χ4n) is 2.91. The van der Waals surface area contributed by atoms with Gasteiger partial charge in [0.15, 0.2) is 0 Å². The zero-order chi connectivity index (χ0) is 13.8. The lowest BCUT2D eigenvalue weighted by atomic mass is 10.1. The van der Waals surface area contributed by atoms with Gasteiger partial charge in [-0.3, -0.25) is 4.90 Å². The molecule has 1 heterocycles. The number of anilines is 1. The summed E-state index contributed by atoms with van der Waals surface area (Å²) in [6, 6.07) is 7.14. The monoisotopic (exact) mass is 325 g/mol. The molecular weight excluding hydrogens is 302 g/mol. The first-order valence-electron chi connectivity index (χ1n) is 7.08. The van der Waals surface area contributed by atoms with Crippen molar-refractivity contribution in [2.24, 2.45) is 5.73 Å². The van der Waals surface area contributed by atoms with Crippen LogP contribution in [0, 0.1) is 0 Å². The second-order valence-electron chi connectivity index (χ2n) is 5.33. The molecule has 106 valence electrons. The van der Waals surface area contributed by atoms with Gasteiger partial charge in [0.25, 0.3) is 0 Å². The average Bonchev–Trinajstić information content (AvgIpc) is 2.85. The van der Waals surface area contributed by atoms with Crippen molar-refractivity contribution in [2.75, 3.05) is 31.6 Å². The normalized spacial score (nSPS) is 19.9. The third kappa shape index (κ3) is 3.71. The van der Waals surface area contributed by atoms with Gasteiger partial charge in [-0.15, -0.1) is 0 Å². The van der Waals surface area contributed by atoms with Gasteiger partial charge in [-0.25, -0.2) is 0 Å². The van der Waals surface area contributed by atoms with Crippen molar-refractivity contribution in [1.82, 2.24) is 4.90 Å². The minimum atomic E-state index is 0.588. The van der Waals surface area contributed by atoms with Crippen molar-refractivity contribution >= 4 is 21.6 Å². The minimum Gasteiger partial charge on any atom is -0.373 e. The smallest absolute Gasteiger partial charge is 0.0378 e. The number of hydrogen-bond donors (Lipinski definition) is 1. The maximum atomic E-state index is 5.75. The van der Waals surface area contributed by atoms with E-state index in [1.165, 1.54) is 30.6 Å². The Morgan fingerprint density at radius 1 is 1.42 bits per heavy atom. The Kier molecular flexibility index (Phi) is 5.25. The van der Waals surface area contributed by atoms with E-state index in [2.05, 4.69) is 57.9 Å². The van der Waals surface area contributed by atoms with E-state index in [1.807, 2.05) is 0 Å². The second-order valence-corrected chi connectivity index (χ2v) is 6.24. The molecule has 0 radical (unpaired) electrons. The van der Waals surface area contributed by atoms with Crippen LogP contribution in [0.1, 0.15) is 25.3 Å². The summed E-state index contributed by atoms with van der Waals surface area (Å²) in [7, 11) is 2.17. The van der Waals surface area contributed by atoms with E-state index in [0.717, 1.165) is 17.6 Å². The SMILES string of the molecule is CCN1CCCC1CN(C)c1cc(Br)cc(CN)c1. The molecule has 0 bridgehead atoms. The Balaban J connectivity index is 2.06. The van der Waals surface area contributed by atoms with Crippen molar-refractivity contribution < 1.29 is 0 Å². The maximum absolute atomic E-state index is 5.75. The summed E-state index contributed by atoms with van der Waals surface area (Å²) < 4.78 is 1.11. The van der Waals surface area contributed by atoms with Crippen molar-refractivity contribution in [2.45, 2.75) is 32.4 Å². The van der Waals surface area contributed by atoms with E-state index in [9.17, 15) is 0 Å². The first-order valence-corrected chi connectivity index (χ1v) is 7.88. The van der Waals surface area contributed by atoms with Crippen LogP contribution in [0.25, 0.3) is 0 Å². The fraction of sp³-hybridized carbons (Fsp3) is 0.600. The van der Waals surface area contributed by atoms with Gasteiger partial charge in [0.1, 0.15) is 0 Å². The summed E-state index contributed by atoms with van der Waals surface area (Å²) >= 11 is 3.57. The lowest BCUT2D eigenvalue weighted by Crippen LogP contribution is -2.38. The van der Waals surface area contributed by atoms with Gasteiger partial charge < -0.3 is 10.6 Å². The first-order chi connectivity index (χ1) is 9.13. The van der Waals surface area contributed by atoms with Gasteiger partial charge in [-0.05, 0) is 49.7 Å². The van der Waals surface area contributed by atoms with Crippen LogP contribution in [0.4, 0.5) is 5.69 Å². The van der Waals surface area contributed by atoms with Crippen molar-refractivity contribution in [1.29, 1.82) is 0 Å². The Hall–Kier alpha value is -0.580. The number of hydrogen-bond acceptors (Lipinski definition) is 3. The Morgan fingerprint density at radius 2 is 2.21 bits per heavy atom. The van der Waals surface area contributed by atoms with E-state index in [4.69, 9.17) is 5.73 Å². The molecule has 1 saturated heterocycles. The number of likely N-dealkylation sites (tertiary alicyclic amines) is 1. The van der Waals surface area contributed by atoms with Gasteiger partial charge in [-0.1, -0.05) is 22.9 Å². The highest BCUT2D eigenvalue weighted by Crippen LogP contribution is 2.24. The van der Waals surface area contributed by atoms with Crippen molar-refractivity contribution in [3.8, 4) is 0 Å². The fourth-order valence-corrected chi connectivity index (χ4v) is 3.44. The molecule has 1 aliphatic rings. The molecule has 0 saturated carbocycles. The Labute approximate surface area is 124 Å². The number of benzene rings is 1. The summed E-state index contributed by atoms with van der Waals surface area (Å²) in [5, 5.41) is 0. The molecule has 1 aromatic rings. The zero-order valence-electron chi connectivity index (χ0n) is 11.9. The van der Waals surface area contributed by atoms with E-state index in [-0.39, 0.29) is 0 Å². The van der Waals surface area contributed by atoms with E-state index >= 15 is 0 Å². The second kappa shape index (κ2) is 6.73. The van der Waals surface area contributed by atoms with Gasteiger partial charge in [0.05, 0.1) is 0 Å². The van der Waals surface area contributed by atoms with Crippen LogP contribution in [0.15, 0.2) is 22.7 Å². The summed E-state index contributed by atoms with van der Waals surface area (Å²) in [6.07, 6.45) is 2.65. The minimum absolute atomic E-state index is 0.588.